The van der Waals surface area contributed by atoms with E-state index in [9.17, 15) is 8.42 Å². The molecule has 0 unspecified atom stereocenters. The van der Waals surface area contributed by atoms with Gasteiger partial charge in [-0.15, -0.1) is 0 Å². The summed E-state index contributed by atoms with van der Waals surface area (Å²) in [5.74, 6) is 0. The second-order valence-corrected chi connectivity index (χ2v) is 7.49. The molecule has 1 rings (SSSR count). The van der Waals surface area contributed by atoms with Gasteiger partial charge in [-0.05, 0) is 35.0 Å². The predicted octanol–water partition coefficient (Wildman–Crippen LogP) is 3.28. The van der Waals surface area contributed by atoms with Gasteiger partial charge in [0.15, 0.2) is 0 Å². The maximum absolute atomic E-state index is 12.2. The van der Waals surface area contributed by atoms with E-state index >= 15 is 0 Å². The number of benzene rings is 1. The highest BCUT2D eigenvalue weighted by Crippen LogP contribution is 2.23. The van der Waals surface area contributed by atoms with E-state index in [2.05, 4.69) is 52.5 Å². The Morgan fingerprint density at radius 2 is 1.76 bits per heavy atom. The van der Waals surface area contributed by atoms with E-state index < -0.39 is 15.6 Å². The molecule has 1 aromatic carbocycles. The molecule has 0 aromatic heterocycles. The van der Waals surface area contributed by atoms with Crippen molar-refractivity contribution in [2.45, 2.75) is 17.4 Å². The largest absolute Gasteiger partial charge is 0.242 e. The summed E-state index contributed by atoms with van der Waals surface area (Å²) in [6.07, 6.45) is 0. The van der Waals surface area contributed by atoms with Gasteiger partial charge in [0.2, 0.25) is 10.0 Å². The number of nitrogens with one attached hydrogen (secondary N) is 1. The van der Waals surface area contributed by atoms with Crippen molar-refractivity contribution < 1.29 is 8.42 Å². The average Bonchev–Trinajstić information content (AvgIpc) is 2.28. The van der Waals surface area contributed by atoms with Gasteiger partial charge in [-0.1, -0.05) is 44.0 Å². The van der Waals surface area contributed by atoms with E-state index in [0.29, 0.717) is 15.1 Å². The lowest BCUT2D eigenvalue weighted by Gasteiger charge is -2.26. The summed E-state index contributed by atoms with van der Waals surface area (Å²) >= 11 is 9.86. The van der Waals surface area contributed by atoms with Gasteiger partial charge in [0.25, 0.3) is 0 Å². The summed E-state index contributed by atoms with van der Waals surface area (Å²) in [7, 11) is -3.53. The number of alkyl halides is 2. The van der Waals surface area contributed by atoms with Crippen molar-refractivity contribution in [2.75, 3.05) is 10.7 Å². The molecule has 0 radical (unpaired) electrons. The maximum Gasteiger partial charge on any atom is 0.242 e. The smallest absolute Gasteiger partial charge is 0.207 e. The molecule has 1 N–H and O–H groups in total. The van der Waals surface area contributed by atoms with E-state index in [-0.39, 0.29) is 4.90 Å². The Morgan fingerprint density at radius 1 is 1.24 bits per heavy atom. The minimum atomic E-state index is -3.53. The Labute approximate surface area is 127 Å². The summed E-state index contributed by atoms with van der Waals surface area (Å²) in [5, 5.41) is 1.05. The molecule has 0 atom stereocenters. The summed E-state index contributed by atoms with van der Waals surface area (Å²) in [4.78, 5) is 0.244. The lowest BCUT2D eigenvalue weighted by atomic mass is 10.1. The van der Waals surface area contributed by atoms with Crippen molar-refractivity contribution in [1.82, 2.24) is 4.72 Å². The summed E-state index contributed by atoms with van der Waals surface area (Å²) in [6, 6.07) is 6.74. The highest BCUT2D eigenvalue weighted by Gasteiger charge is 2.29. The van der Waals surface area contributed by atoms with Crippen LogP contribution in [0.2, 0.25) is 0 Å². The monoisotopic (exact) mass is 447 g/mol. The molecular formula is C10H12Br3NO2S. The van der Waals surface area contributed by atoms with Crippen LogP contribution in [0.5, 0.6) is 0 Å². The third-order valence-corrected chi connectivity index (χ3v) is 7.22. The molecule has 0 aliphatic carbocycles. The van der Waals surface area contributed by atoms with Crippen LogP contribution in [0.15, 0.2) is 33.6 Å². The molecule has 0 saturated carbocycles. The van der Waals surface area contributed by atoms with E-state index in [1.54, 1.807) is 24.3 Å². The number of sulfonamides is 1. The molecule has 0 spiro atoms. The first-order valence-electron chi connectivity index (χ1n) is 4.75. The van der Waals surface area contributed by atoms with Crippen LogP contribution in [0.4, 0.5) is 0 Å². The molecule has 0 aliphatic heterocycles. The van der Waals surface area contributed by atoms with Crippen molar-refractivity contribution >= 4 is 57.8 Å². The summed E-state index contributed by atoms with van der Waals surface area (Å²) in [5.41, 5.74) is -0.561. The molecule has 0 heterocycles. The van der Waals surface area contributed by atoms with Crippen LogP contribution in [-0.4, -0.2) is 24.6 Å². The van der Waals surface area contributed by atoms with Crippen molar-refractivity contribution in [3.8, 4) is 0 Å². The van der Waals surface area contributed by atoms with E-state index in [1.807, 2.05) is 6.92 Å². The zero-order chi connectivity index (χ0) is 13.1. The highest BCUT2D eigenvalue weighted by atomic mass is 79.9. The predicted molar refractivity (Wildman–Crippen MR) is 80.5 cm³/mol. The number of halogens is 3. The summed E-state index contributed by atoms with van der Waals surface area (Å²) < 4.78 is 27.6. The van der Waals surface area contributed by atoms with Crippen LogP contribution in [0.3, 0.4) is 0 Å². The van der Waals surface area contributed by atoms with Gasteiger partial charge in [0, 0.05) is 20.7 Å². The average molecular weight is 450 g/mol. The van der Waals surface area contributed by atoms with Crippen LogP contribution >= 0.6 is 47.8 Å². The Bertz CT molecular complexity index is 486. The number of hydrogen-bond acceptors (Lipinski definition) is 2. The molecular weight excluding hydrogens is 438 g/mol. The summed E-state index contributed by atoms with van der Waals surface area (Å²) in [6.45, 7) is 1.82. The Balaban J connectivity index is 3.10. The fourth-order valence-corrected chi connectivity index (χ4v) is 5.12. The molecule has 7 heteroatoms. The van der Waals surface area contributed by atoms with E-state index in [4.69, 9.17) is 0 Å². The molecule has 96 valence electrons. The van der Waals surface area contributed by atoms with Gasteiger partial charge >= 0.3 is 0 Å². The Kier molecular flexibility index (Phi) is 5.65. The van der Waals surface area contributed by atoms with Crippen LogP contribution in [0, 0.1) is 0 Å². The number of rotatable bonds is 5. The van der Waals surface area contributed by atoms with Crippen LogP contribution in [0.25, 0.3) is 0 Å². The number of hydrogen-bond donors (Lipinski definition) is 1. The highest BCUT2D eigenvalue weighted by molar-refractivity contribution is 9.10. The zero-order valence-electron chi connectivity index (χ0n) is 9.08. The molecule has 17 heavy (non-hydrogen) atoms. The van der Waals surface area contributed by atoms with Crippen molar-refractivity contribution in [1.29, 1.82) is 0 Å². The van der Waals surface area contributed by atoms with Gasteiger partial charge in [0.05, 0.1) is 4.90 Å². The van der Waals surface area contributed by atoms with Crippen LogP contribution in [-0.2, 0) is 10.0 Å². The third kappa shape index (κ3) is 4.02. The van der Waals surface area contributed by atoms with Crippen LogP contribution in [0.1, 0.15) is 6.92 Å². The normalized spacial score (nSPS) is 12.7. The second-order valence-electron chi connectivity index (χ2n) is 3.86. The quantitative estimate of drug-likeness (QED) is 0.701. The van der Waals surface area contributed by atoms with Gasteiger partial charge in [-0.2, -0.15) is 0 Å². The Hall–Kier alpha value is 0.570. The van der Waals surface area contributed by atoms with E-state index in [0.717, 1.165) is 0 Å². The van der Waals surface area contributed by atoms with Gasteiger partial charge < -0.3 is 0 Å². The zero-order valence-corrected chi connectivity index (χ0v) is 14.7. The molecule has 0 amide bonds. The second kappa shape index (κ2) is 6.14. The van der Waals surface area contributed by atoms with Crippen molar-refractivity contribution in [2.24, 2.45) is 0 Å². The van der Waals surface area contributed by atoms with Crippen LogP contribution < -0.4 is 4.72 Å². The standard InChI is InChI=1S/C10H12Br3NO2S/c1-10(6-11,7-12)14-17(15,16)9-5-3-2-4-8(9)13/h2-5,14H,6-7H2,1H3. The first-order chi connectivity index (χ1) is 7.84. The minimum Gasteiger partial charge on any atom is -0.207 e. The molecule has 0 fully saturated rings. The first kappa shape index (κ1) is 15.6. The topological polar surface area (TPSA) is 46.2 Å². The minimum absolute atomic E-state index is 0.244. The Morgan fingerprint density at radius 3 is 2.24 bits per heavy atom. The fraction of sp³-hybridized carbons (Fsp3) is 0.400. The lowest BCUT2D eigenvalue weighted by Crippen LogP contribution is -2.48. The molecule has 1 aromatic rings. The van der Waals surface area contributed by atoms with Gasteiger partial charge in [-0.3, -0.25) is 0 Å². The molecule has 0 bridgehead atoms. The SMILES string of the molecule is CC(CBr)(CBr)NS(=O)(=O)c1ccccc1Br. The first-order valence-corrected chi connectivity index (χ1v) is 9.27. The maximum atomic E-state index is 12.2. The van der Waals surface area contributed by atoms with Crippen molar-refractivity contribution in [3.05, 3.63) is 28.7 Å². The molecule has 0 saturated heterocycles. The van der Waals surface area contributed by atoms with Gasteiger partial charge in [-0.25, -0.2) is 13.1 Å². The third-order valence-electron chi connectivity index (χ3n) is 2.10. The fourth-order valence-electron chi connectivity index (χ4n) is 1.13. The van der Waals surface area contributed by atoms with Gasteiger partial charge in [0.1, 0.15) is 0 Å². The molecule has 3 nitrogen and oxygen atoms in total. The lowest BCUT2D eigenvalue weighted by molar-refractivity contribution is 0.508. The van der Waals surface area contributed by atoms with E-state index in [1.165, 1.54) is 0 Å². The van der Waals surface area contributed by atoms with Crippen molar-refractivity contribution in [3.63, 3.8) is 0 Å². The molecule has 0 aliphatic rings.